The Morgan fingerprint density at radius 3 is 2.13 bits per heavy atom. The quantitative estimate of drug-likeness (QED) is 0.499. The molecule has 0 atom stereocenters. The molecule has 7 nitrogen and oxygen atoms in total. The van der Waals surface area contributed by atoms with Gasteiger partial charge in [0.15, 0.2) is 5.69 Å². The maximum Gasteiger partial charge on any atom is 0.416 e. The summed E-state index contributed by atoms with van der Waals surface area (Å²) in [6.45, 7) is 0.508. The van der Waals surface area contributed by atoms with Crippen LogP contribution in [0.25, 0.3) is 0 Å². The second kappa shape index (κ2) is 9.70. The van der Waals surface area contributed by atoms with Crippen molar-refractivity contribution in [2.45, 2.75) is 6.18 Å². The summed E-state index contributed by atoms with van der Waals surface area (Å²) < 4.78 is 37.7. The van der Waals surface area contributed by atoms with Gasteiger partial charge in [0.05, 0.1) is 5.56 Å². The van der Waals surface area contributed by atoms with Crippen molar-refractivity contribution in [2.75, 3.05) is 23.7 Å². The van der Waals surface area contributed by atoms with E-state index in [0.717, 1.165) is 24.3 Å². The number of hydrogen-bond acceptors (Lipinski definition) is 5. The van der Waals surface area contributed by atoms with Crippen molar-refractivity contribution in [3.63, 3.8) is 0 Å². The van der Waals surface area contributed by atoms with Gasteiger partial charge in [0, 0.05) is 24.3 Å². The van der Waals surface area contributed by atoms with Crippen LogP contribution in [0.15, 0.2) is 66.7 Å². The summed E-state index contributed by atoms with van der Waals surface area (Å²) in [5.41, 5.74) is 0.0945. The smallest absolute Gasteiger partial charge is 0.367 e. The lowest BCUT2D eigenvalue weighted by atomic mass is 10.1. The molecular weight excluding hydrogens is 411 g/mol. The second-order valence-electron chi connectivity index (χ2n) is 6.38. The minimum absolute atomic E-state index is 0.126. The first kappa shape index (κ1) is 21.8. The van der Waals surface area contributed by atoms with Gasteiger partial charge >= 0.3 is 6.18 Å². The van der Waals surface area contributed by atoms with Crippen LogP contribution in [0, 0.1) is 0 Å². The summed E-state index contributed by atoms with van der Waals surface area (Å²) in [5.74, 6) is -0.483. The molecule has 0 saturated heterocycles. The average Bonchev–Trinajstić information content (AvgIpc) is 2.77. The highest BCUT2D eigenvalue weighted by atomic mass is 19.4. The van der Waals surface area contributed by atoms with E-state index in [-0.39, 0.29) is 17.8 Å². The average molecular weight is 429 g/mol. The Balaban J connectivity index is 1.43. The summed E-state index contributed by atoms with van der Waals surface area (Å²) in [6, 6.07) is 16.0. The standard InChI is InChI=1S/C21H18F3N5O2/c22-21(23,24)15-8-6-14(7-9-15)19(30)26-13-12-25-18-11-10-17(28-29-18)20(31)27-16-4-2-1-3-5-16/h1-11H,12-13H2,(H,25,29)(H,26,30)(H,27,31). The summed E-state index contributed by atoms with van der Waals surface area (Å²) >= 11 is 0. The van der Waals surface area contributed by atoms with Crippen molar-refractivity contribution in [3.8, 4) is 0 Å². The first-order chi connectivity index (χ1) is 14.8. The van der Waals surface area contributed by atoms with E-state index in [1.807, 2.05) is 6.07 Å². The van der Waals surface area contributed by atoms with Crippen LogP contribution in [-0.2, 0) is 6.18 Å². The first-order valence-electron chi connectivity index (χ1n) is 9.22. The van der Waals surface area contributed by atoms with E-state index in [4.69, 9.17) is 0 Å². The highest BCUT2D eigenvalue weighted by Crippen LogP contribution is 2.29. The Morgan fingerprint density at radius 2 is 1.52 bits per heavy atom. The lowest BCUT2D eigenvalue weighted by Gasteiger charge is -2.09. The lowest BCUT2D eigenvalue weighted by molar-refractivity contribution is -0.137. The molecule has 31 heavy (non-hydrogen) atoms. The van der Waals surface area contributed by atoms with Crippen LogP contribution >= 0.6 is 0 Å². The molecule has 0 aliphatic heterocycles. The number of hydrogen-bond donors (Lipinski definition) is 3. The highest BCUT2D eigenvalue weighted by Gasteiger charge is 2.30. The van der Waals surface area contributed by atoms with Gasteiger partial charge in [-0.1, -0.05) is 18.2 Å². The third kappa shape index (κ3) is 6.26. The predicted octanol–water partition coefficient (Wildman–Crippen LogP) is 3.59. The van der Waals surface area contributed by atoms with E-state index in [2.05, 4.69) is 26.1 Å². The molecule has 0 saturated carbocycles. The molecule has 1 heterocycles. The minimum atomic E-state index is -4.45. The van der Waals surface area contributed by atoms with Crippen LogP contribution in [0.5, 0.6) is 0 Å². The van der Waals surface area contributed by atoms with Gasteiger partial charge < -0.3 is 16.0 Å². The molecule has 3 rings (SSSR count). The number of aromatic nitrogens is 2. The van der Waals surface area contributed by atoms with Crippen LogP contribution < -0.4 is 16.0 Å². The van der Waals surface area contributed by atoms with E-state index < -0.39 is 23.6 Å². The Kier molecular flexibility index (Phi) is 6.81. The molecule has 2 amide bonds. The molecule has 2 aromatic carbocycles. The fourth-order valence-corrected chi connectivity index (χ4v) is 2.54. The van der Waals surface area contributed by atoms with E-state index in [1.165, 1.54) is 6.07 Å². The normalized spacial score (nSPS) is 10.9. The van der Waals surface area contributed by atoms with Crippen molar-refractivity contribution in [2.24, 2.45) is 0 Å². The molecule has 0 spiro atoms. The summed E-state index contributed by atoms with van der Waals surface area (Å²) in [5, 5.41) is 16.0. The van der Waals surface area contributed by atoms with Crippen LogP contribution in [0.3, 0.4) is 0 Å². The SMILES string of the molecule is O=C(NCCNc1ccc(C(=O)Nc2ccccc2)nn1)c1ccc(C(F)(F)F)cc1. The molecule has 0 unspecified atom stereocenters. The highest BCUT2D eigenvalue weighted by molar-refractivity contribution is 6.02. The number of anilines is 2. The van der Waals surface area contributed by atoms with Crippen molar-refractivity contribution in [3.05, 3.63) is 83.6 Å². The first-order valence-corrected chi connectivity index (χ1v) is 9.22. The van der Waals surface area contributed by atoms with E-state index in [0.29, 0.717) is 18.1 Å². The molecule has 0 aliphatic carbocycles. The molecule has 0 radical (unpaired) electrons. The van der Waals surface area contributed by atoms with Crippen molar-refractivity contribution in [1.29, 1.82) is 0 Å². The maximum absolute atomic E-state index is 12.6. The Labute approximate surface area is 175 Å². The molecule has 160 valence electrons. The minimum Gasteiger partial charge on any atom is -0.367 e. The molecule has 0 bridgehead atoms. The number of carbonyl (C=O) groups is 2. The number of benzene rings is 2. The number of halogens is 3. The summed E-state index contributed by atoms with van der Waals surface area (Å²) in [6.07, 6.45) is -4.45. The number of para-hydroxylation sites is 1. The van der Waals surface area contributed by atoms with Crippen molar-refractivity contribution >= 4 is 23.3 Å². The maximum atomic E-state index is 12.6. The molecule has 3 N–H and O–H groups in total. The van der Waals surface area contributed by atoms with Crippen LogP contribution in [0.4, 0.5) is 24.7 Å². The van der Waals surface area contributed by atoms with Gasteiger partial charge in [-0.15, -0.1) is 10.2 Å². The van der Waals surface area contributed by atoms with Crippen molar-refractivity contribution < 1.29 is 22.8 Å². The monoisotopic (exact) mass is 429 g/mol. The second-order valence-corrected chi connectivity index (χ2v) is 6.38. The number of amides is 2. The molecule has 10 heteroatoms. The van der Waals surface area contributed by atoms with Gasteiger partial charge in [0.1, 0.15) is 5.82 Å². The van der Waals surface area contributed by atoms with Crippen molar-refractivity contribution in [1.82, 2.24) is 15.5 Å². The summed E-state index contributed by atoms with van der Waals surface area (Å²) in [4.78, 5) is 24.1. The number of nitrogens with one attached hydrogen (secondary N) is 3. The molecule has 0 fully saturated rings. The van der Waals surface area contributed by atoms with Crippen LogP contribution in [0.2, 0.25) is 0 Å². The fourth-order valence-electron chi connectivity index (χ4n) is 2.54. The number of rotatable bonds is 7. The van der Waals surface area contributed by atoms with E-state index in [9.17, 15) is 22.8 Å². The Hall–Kier alpha value is -3.95. The zero-order valence-electron chi connectivity index (χ0n) is 16.1. The fraction of sp³-hybridized carbons (Fsp3) is 0.143. The number of alkyl halides is 3. The van der Waals surface area contributed by atoms with Gasteiger partial charge in [0.25, 0.3) is 11.8 Å². The summed E-state index contributed by atoms with van der Waals surface area (Å²) in [7, 11) is 0. The van der Waals surface area contributed by atoms with Crippen LogP contribution in [-0.4, -0.2) is 35.1 Å². The molecule has 3 aromatic rings. The zero-order valence-corrected chi connectivity index (χ0v) is 16.1. The predicted molar refractivity (Wildman–Crippen MR) is 109 cm³/mol. The van der Waals surface area contributed by atoms with Gasteiger partial charge in [-0.05, 0) is 48.5 Å². The topological polar surface area (TPSA) is 96.0 Å². The third-order valence-electron chi connectivity index (χ3n) is 4.12. The largest absolute Gasteiger partial charge is 0.416 e. The van der Waals surface area contributed by atoms with Gasteiger partial charge in [0.2, 0.25) is 0 Å². The molecule has 1 aromatic heterocycles. The van der Waals surface area contributed by atoms with Gasteiger partial charge in [-0.25, -0.2) is 0 Å². The van der Waals surface area contributed by atoms with E-state index >= 15 is 0 Å². The number of carbonyl (C=O) groups excluding carboxylic acids is 2. The Bertz CT molecular complexity index is 1020. The van der Waals surface area contributed by atoms with Crippen LogP contribution in [0.1, 0.15) is 26.4 Å². The van der Waals surface area contributed by atoms with E-state index in [1.54, 1.807) is 30.3 Å². The van der Waals surface area contributed by atoms with Gasteiger partial charge in [-0.3, -0.25) is 9.59 Å². The zero-order chi connectivity index (χ0) is 22.3. The molecule has 0 aliphatic rings. The lowest BCUT2D eigenvalue weighted by Crippen LogP contribution is -2.29. The molecular formula is C21H18F3N5O2. The number of nitrogens with zero attached hydrogens (tertiary/aromatic N) is 2. The Morgan fingerprint density at radius 1 is 0.806 bits per heavy atom. The van der Waals surface area contributed by atoms with Gasteiger partial charge in [-0.2, -0.15) is 13.2 Å². The third-order valence-corrected chi connectivity index (χ3v) is 4.12.